The average Bonchev–Trinajstić information content (AvgIpc) is 3.52. The van der Waals surface area contributed by atoms with Crippen molar-refractivity contribution in [2.24, 2.45) is 5.92 Å². The van der Waals surface area contributed by atoms with Crippen LogP contribution >= 0.6 is 23.2 Å². The van der Waals surface area contributed by atoms with E-state index in [4.69, 9.17) is 42.4 Å². The van der Waals surface area contributed by atoms with Crippen LogP contribution in [0.5, 0.6) is 0 Å². The second-order valence-corrected chi connectivity index (χ2v) is 10.6. The Morgan fingerprint density at radius 2 is 2.00 bits per heavy atom. The largest absolute Gasteiger partial charge is 0.467 e. The van der Waals surface area contributed by atoms with Crippen LogP contribution in [-0.2, 0) is 23.8 Å². The molecule has 0 radical (unpaired) electrons. The first-order valence-electron chi connectivity index (χ1n) is 12.0. The van der Waals surface area contributed by atoms with Crippen LogP contribution in [0.3, 0.4) is 0 Å². The molecule has 37 heavy (non-hydrogen) atoms. The summed E-state index contributed by atoms with van der Waals surface area (Å²) in [5, 5.41) is 1.52. The fourth-order valence-corrected chi connectivity index (χ4v) is 4.84. The van der Waals surface area contributed by atoms with Gasteiger partial charge >= 0.3 is 11.9 Å². The third kappa shape index (κ3) is 6.17. The summed E-state index contributed by atoms with van der Waals surface area (Å²) in [6.45, 7) is 6.50. The first kappa shape index (κ1) is 27.2. The van der Waals surface area contributed by atoms with E-state index in [1.807, 2.05) is 48.6 Å². The van der Waals surface area contributed by atoms with Gasteiger partial charge in [0.05, 0.1) is 54.3 Å². The molecule has 2 aromatic heterocycles. The van der Waals surface area contributed by atoms with Gasteiger partial charge in [0.2, 0.25) is 0 Å². The Morgan fingerprint density at radius 3 is 2.68 bits per heavy atom. The second kappa shape index (κ2) is 11.2. The molecule has 1 aliphatic rings. The molecule has 11 heteroatoms. The van der Waals surface area contributed by atoms with Crippen molar-refractivity contribution in [1.82, 2.24) is 14.5 Å². The molecule has 3 aromatic rings. The number of methoxy groups -OCH3 is 1. The minimum atomic E-state index is -0.620. The van der Waals surface area contributed by atoms with Gasteiger partial charge in [-0.05, 0) is 39.3 Å². The number of imidazole rings is 1. The molecular weight excluding hydrogens is 519 g/mol. The lowest BCUT2D eigenvalue weighted by atomic mass is 10.0. The molecule has 1 saturated heterocycles. The molecule has 1 aromatic carbocycles. The number of esters is 2. The number of hydrogen-bond acceptors (Lipinski definition) is 8. The molecular formula is C26H30Cl2N4O5. The molecule has 198 valence electrons. The molecule has 9 nitrogen and oxygen atoms in total. The molecule has 0 saturated carbocycles. The van der Waals surface area contributed by atoms with E-state index >= 15 is 0 Å². The van der Waals surface area contributed by atoms with Crippen LogP contribution in [0.1, 0.15) is 33.6 Å². The Hall–Kier alpha value is -2.88. The Morgan fingerprint density at radius 1 is 1.22 bits per heavy atom. The number of halogens is 2. The summed E-state index contributed by atoms with van der Waals surface area (Å²) in [6, 6.07) is 4.87. The zero-order valence-electron chi connectivity index (χ0n) is 21.2. The first-order chi connectivity index (χ1) is 17.6. The summed E-state index contributed by atoms with van der Waals surface area (Å²) in [6.07, 6.45) is 6.00. The molecule has 1 fully saturated rings. The zero-order valence-corrected chi connectivity index (χ0v) is 22.8. The van der Waals surface area contributed by atoms with E-state index in [1.165, 1.54) is 7.11 Å². The number of hydrogen-bond donors (Lipinski definition) is 0. The van der Waals surface area contributed by atoms with Gasteiger partial charge in [-0.2, -0.15) is 0 Å². The summed E-state index contributed by atoms with van der Waals surface area (Å²) >= 11 is 12.9. The minimum Gasteiger partial charge on any atom is -0.467 e. The zero-order chi connectivity index (χ0) is 26.7. The maximum Gasteiger partial charge on any atom is 0.328 e. The van der Waals surface area contributed by atoms with E-state index in [-0.39, 0.29) is 37.5 Å². The van der Waals surface area contributed by atoms with Crippen LogP contribution in [0.25, 0.3) is 16.6 Å². The molecule has 0 aliphatic carbocycles. The summed E-state index contributed by atoms with van der Waals surface area (Å²) in [5.41, 5.74) is 0.780. The predicted octanol–water partition coefficient (Wildman–Crippen LogP) is 4.84. The predicted molar refractivity (Wildman–Crippen MR) is 141 cm³/mol. The molecule has 0 bridgehead atoms. The van der Waals surface area contributed by atoms with E-state index in [1.54, 1.807) is 18.6 Å². The maximum atomic E-state index is 12.9. The number of ether oxygens (including phenoxy) is 3. The standard InChI is InChI=1S/C26H30Cl2N4O5/c1-26(2,3)37-21(33)8-12-36-14-16-7-10-32(24(16)25(34)35-4)20-13-19(31-11-9-29-15-31)17-5-6-18(27)22(28)23(17)30-20/h5-6,9,11,13,15-16,24H,7-8,10,12,14H2,1-4H3. The highest BCUT2D eigenvalue weighted by molar-refractivity contribution is 6.45. The average molecular weight is 549 g/mol. The topological polar surface area (TPSA) is 95.8 Å². The first-order valence-corrected chi connectivity index (χ1v) is 12.8. The Kier molecular flexibility index (Phi) is 8.26. The highest BCUT2D eigenvalue weighted by atomic mass is 35.5. The number of nitrogens with zero attached hydrogens (tertiary/aromatic N) is 4. The lowest BCUT2D eigenvalue weighted by molar-refractivity contribution is -0.156. The third-order valence-corrected chi connectivity index (χ3v) is 6.88. The number of carbonyl (C=O) groups excluding carboxylic acids is 2. The molecule has 3 heterocycles. The van der Waals surface area contributed by atoms with Crippen LogP contribution in [0, 0.1) is 5.92 Å². The van der Waals surface area contributed by atoms with Crippen molar-refractivity contribution in [1.29, 1.82) is 0 Å². The highest BCUT2D eigenvalue weighted by Crippen LogP contribution is 2.37. The molecule has 2 unspecified atom stereocenters. The SMILES string of the molecule is COC(=O)C1C(COCCC(=O)OC(C)(C)C)CCN1c1cc(-n2ccnc2)c2ccc(Cl)c(Cl)c2n1. The molecule has 2 atom stereocenters. The number of aromatic nitrogens is 3. The monoisotopic (exact) mass is 548 g/mol. The lowest BCUT2D eigenvalue weighted by Gasteiger charge is -2.28. The van der Waals surface area contributed by atoms with E-state index in [0.29, 0.717) is 34.3 Å². The quantitative estimate of drug-likeness (QED) is 0.291. The van der Waals surface area contributed by atoms with E-state index in [2.05, 4.69) is 4.98 Å². The summed E-state index contributed by atoms with van der Waals surface area (Å²) < 4.78 is 18.1. The van der Waals surface area contributed by atoms with Crippen molar-refractivity contribution >= 4 is 51.9 Å². The summed E-state index contributed by atoms with van der Waals surface area (Å²) in [7, 11) is 1.36. The smallest absolute Gasteiger partial charge is 0.328 e. The van der Waals surface area contributed by atoms with Crippen molar-refractivity contribution in [2.75, 3.05) is 31.8 Å². The molecule has 4 rings (SSSR count). The van der Waals surface area contributed by atoms with Crippen LogP contribution in [0.15, 0.2) is 36.9 Å². The number of rotatable bonds is 8. The normalized spacial score (nSPS) is 17.8. The highest BCUT2D eigenvalue weighted by Gasteiger charge is 2.41. The van der Waals surface area contributed by atoms with Crippen molar-refractivity contribution < 1.29 is 23.8 Å². The number of pyridine rings is 1. The van der Waals surface area contributed by atoms with Crippen LogP contribution in [-0.4, -0.2) is 65.0 Å². The number of benzene rings is 1. The van der Waals surface area contributed by atoms with Crippen LogP contribution in [0.2, 0.25) is 10.0 Å². The van der Waals surface area contributed by atoms with E-state index in [9.17, 15) is 9.59 Å². The second-order valence-electron chi connectivity index (χ2n) is 9.85. The van der Waals surface area contributed by atoms with Gasteiger partial charge in [0.15, 0.2) is 0 Å². The molecule has 0 spiro atoms. The van der Waals surface area contributed by atoms with E-state index in [0.717, 1.165) is 11.1 Å². The van der Waals surface area contributed by atoms with E-state index < -0.39 is 11.6 Å². The van der Waals surface area contributed by atoms with Crippen molar-refractivity contribution in [3.8, 4) is 5.69 Å². The van der Waals surface area contributed by atoms with Gasteiger partial charge < -0.3 is 23.7 Å². The fraction of sp³-hybridized carbons (Fsp3) is 0.462. The van der Waals surface area contributed by atoms with Gasteiger partial charge in [0.1, 0.15) is 17.5 Å². The van der Waals surface area contributed by atoms with Gasteiger partial charge in [-0.3, -0.25) is 4.79 Å². The molecule has 1 aliphatic heterocycles. The Bertz CT molecular complexity index is 1280. The van der Waals surface area contributed by atoms with Gasteiger partial charge in [-0.25, -0.2) is 14.8 Å². The fourth-order valence-electron chi connectivity index (χ4n) is 4.48. The van der Waals surface area contributed by atoms with Crippen molar-refractivity contribution in [3.63, 3.8) is 0 Å². The van der Waals surface area contributed by atoms with Gasteiger partial charge in [0.25, 0.3) is 0 Å². The van der Waals surface area contributed by atoms with Crippen molar-refractivity contribution in [2.45, 2.75) is 45.3 Å². The van der Waals surface area contributed by atoms with Gasteiger partial charge in [-0.1, -0.05) is 23.2 Å². The minimum absolute atomic E-state index is 0.135. The third-order valence-electron chi connectivity index (χ3n) is 6.08. The molecule has 0 amide bonds. The number of fused-ring (bicyclic) bond motifs is 1. The van der Waals surface area contributed by atoms with Crippen molar-refractivity contribution in [3.05, 3.63) is 47.0 Å². The van der Waals surface area contributed by atoms with Gasteiger partial charge in [0, 0.05) is 36.3 Å². The lowest BCUT2D eigenvalue weighted by Crippen LogP contribution is -2.42. The number of anilines is 1. The Balaban J connectivity index is 1.58. The molecule has 0 N–H and O–H groups in total. The maximum absolute atomic E-state index is 12.9. The number of carbonyl (C=O) groups is 2. The summed E-state index contributed by atoms with van der Waals surface area (Å²) in [5.74, 6) is -0.309. The summed E-state index contributed by atoms with van der Waals surface area (Å²) in [4.78, 5) is 35.8. The van der Waals surface area contributed by atoms with Crippen LogP contribution in [0.4, 0.5) is 5.82 Å². The van der Waals surface area contributed by atoms with Crippen LogP contribution < -0.4 is 4.90 Å². The Labute approximate surface area is 225 Å². The van der Waals surface area contributed by atoms with Gasteiger partial charge in [-0.15, -0.1) is 0 Å².